The van der Waals surface area contributed by atoms with Crippen molar-refractivity contribution in [2.24, 2.45) is 0 Å². The molecule has 0 fully saturated rings. The van der Waals surface area contributed by atoms with E-state index in [9.17, 15) is 4.79 Å². The zero-order chi connectivity index (χ0) is 23.4. The number of nitrogens with zero attached hydrogens (tertiary/aromatic N) is 4. The molecule has 0 saturated carbocycles. The highest BCUT2D eigenvalue weighted by atomic mass is 79.9. The number of thioether (sulfide) groups is 1. The molecule has 2 heterocycles. The van der Waals surface area contributed by atoms with Gasteiger partial charge in [0.05, 0.1) is 16.4 Å². The van der Waals surface area contributed by atoms with Crippen molar-refractivity contribution >= 4 is 56.7 Å². The summed E-state index contributed by atoms with van der Waals surface area (Å²) in [4.78, 5) is 20.3. The Morgan fingerprint density at radius 3 is 2.70 bits per heavy atom. The van der Waals surface area contributed by atoms with Crippen LogP contribution in [-0.2, 0) is 0 Å². The molecule has 170 valence electrons. The van der Waals surface area contributed by atoms with Crippen molar-refractivity contribution in [2.45, 2.75) is 11.3 Å². The molecule has 4 aromatic rings. The lowest BCUT2D eigenvalue weighted by Gasteiger charge is -2.18. The van der Waals surface area contributed by atoms with Gasteiger partial charge in [-0.1, -0.05) is 29.8 Å². The summed E-state index contributed by atoms with van der Waals surface area (Å²) in [6.45, 7) is 1.30. The SMILES string of the molecule is CSc1ccc(C(=O)N(C)CCCNc2cc(-c3ccccc3Cl)nc3c(Br)cnn23)cc1. The van der Waals surface area contributed by atoms with Crippen molar-refractivity contribution in [3.05, 3.63) is 75.9 Å². The normalized spacial score (nSPS) is 11.0. The van der Waals surface area contributed by atoms with E-state index in [-0.39, 0.29) is 5.91 Å². The van der Waals surface area contributed by atoms with Gasteiger partial charge in [0, 0.05) is 47.2 Å². The summed E-state index contributed by atoms with van der Waals surface area (Å²) in [6.07, 6.45) is 4.52. The van der Waals surface area contributed by atoms with E-state index in [0.717, 1.165) is 32.9 Å². The maximum absolute atomic E-state index is 12.7. The molecular weight excluding hydrogens is 522 g/mol. The number of hydrogen-bond acceptors (Lipinski definition) is 5. The Morgan fingerprint density at radius 1 is 1.21 bits per heavy atom. The van der Waals surface area contributed by atoms with Crippen LogP contribution >= 0.6 is 39.3 Å². The van der Waals surface area contributed by atoms with Crippen molar-refractivity contribution in [3.8, 4) is 11.3 Å². The summed E-state index contributed by atoms with van der Waals surface area (Å²) >= 11 is 11.6. The first-order valence-electron chi connectivity index (χ1n) is 10.4. The van der Waals surface area contributed by atoms with E-state index in [0.29, 0.717) is 29.3 Å². The quantitative estimate of drug-likeness (QED) is 0.214. The minimum Gasteiger partial charge on any atom is -0.370 e. The lowest BCUT2D eigenvalue weighted by molar-refractivity contribution is 0.0794. The van der Waals surface area contributed by atoms with Crippen molar-refractivity contribution in [1.82, 2.24) is 19.5 Å². The Kier molecular flexibility index (Phi) is 7.57. The molecule has 0 bridgehead atoms. The van der Waals surface area contributed by atoms with E-state index in [1.165, 1.54) is 0 Å². The molecule has 2 aromatic heterocycles. The Balaban J connectivity index is 1.43. The first-order chi connectivity index (χ1) is 16.0. The lowest BCUT2D eigenvalue weighted by atomic mass is 10.1. The van der Waals surface area contributed by atoms with Gasteiger partial charge < -0.3 is 10.2 Å². The van der Waals surface area contributed by atoms with Crippen LogP contribution in [0.25, 0.3) is 16.9 Å². The van der Waals surface area contributed by atoms with Gasteiger partial charge in [-0.15, -0.1) is 11.8 Å². The monoisotopic (exact) mass is 543 g/mol. The molecule has 9 heteroatoms. The highest BCUT2D eigenvalue weighted by Crippen LogP contribution is 2.30. The molecule has 1 amide bonds. The second-order valence-corrected chi connectivity index (χ2v) is 9.61. The molecule has 4 rings (SSSR count). The van der Waals surface area contributed by atoms with Gasteiger partial charge in [-0.25, -0.2) is 4.98 Å². The van der Waals surface area contributed by atoms with Gasteiger partial charge in [0.15, 0.2) is 5.65 Å². The van der Waals surface area contributed by atoms with Crippen LogP contribution in [0.2, 0.25) is 5.02 Å². The maximum atomic E-state index is 12.7. The third-order valence-corrected chi connectivity index (χ3v) is 6.87. The van der Waals surface area contributed by atoms with Gasteiger partial charge in [0.25, 0.3) is 5.91 Å². The second-order valence-electron chi connectivity index (χ2n) is 7.47. The predicted octanol–water partition coefficient (Wildman–Crippen LogP) is 6.11. The molecule has 0 radical (unpaired) electrons. The van der Waals surface area contributed by atoms with E-state index < -0.39 is 0 Å². The molecule has 0 atom stereocenters. The van der Waals surface area contributed by atoms with Gasteiger partial charge in [-0.3, -0.25) is 4.79 Å². The van der Waals surface area contributed by atoms with Gasteiger partial charge in [0.1, 0.15) is 5.82 Å². The number of halogens is 2. The third-order valence-electron chi connectivity index (χ3n) is 5.24. The standard InChI is InChI=1S/C24H23BrClN5OS/c1-30(24(32)16-8-10-17(33-2)11-9-16)13-5-12-27-22-14-21(18-6-3-4-7-20(18)26)29-23-19(25)15-28-31(22)23/h3-4,6-11,14-15,27H,5,12-13H2,1-2H3. The number of hydrogen-bond donors (Lipinski definition) is 1. The molecule has 0 aliphatic heterocycles. The van der Waals surface area contributed by atoms with Crippen LogP contribution in [0.3, 0.4) is 0 Å². The highest BCUT2D eigenvalue weighted by Gasteiger charge is 2.14. The van der Waals surface area contributed by atoms with Crippen LogP contribution in [0, 0.1) is 0 Å². The molecule has 1 N–H and O–H groups in total. The van der Waals surface area contributed by atoms with Crippen LogP contribution in [0.4, 0.5) is 5.82 Å². The average molecular weight is 545 g/mol. The lowest BCUT2D eigenvalue weighted by Crippen LogP contribution is -2.28. The first kappa shape index (κ1) is 23.6. The Morgan fingerprint density at radius 2 is 1.97 bits per heavy atom. The van der Waals surface area contributed by atoms with Gasteiger partial charge >= 0.3 is 0 Å². The molecule has 6 nitrogen and oxygen atoms in total. The van der Waals surface area contributed by atoms with Crippen LogP contribution in [0.15, 0.2) is 70.2 Å². The summed E-state index contributed by atoms with van der Waals surface area (Å²) in [5, 5.41) is 8.49. The molecular formula is C24H23BrClN5OS. The Labute approximate surface area is 210 Å². The number of benzene rings is 2. The topological polar surface area (TPSA) is 62.5 Å². The van der Waals surface area contributed by atoms with Crippen molar-refractivity contribution < 1.29 is 4.79 Å². The van der Waals surface area contributed by atoms with Crippen molar-refractivity contribution in [3.63, 3.8) is 0 Å². The zero-order valence-corrected chi connectivity index (χ0v) is 21.4. The fourth-order valence-electron chi connectivity index (χ4n) is 3.46. The number of anilines is 1. The summed E-state index contributed by atoms with van der Waals surface area (Å²) in [5.74, 6) is 0.827. The fourth-order valence-corrected chi connectivity index (χ4v) is 4.45. The van der Waals surface area contributed by atoms with E-state index >= 15 is 0 Å². The van der Waals surface area contributed by atoms with Crippen LogP contribution in [-0.4, -0.2) is 51.8 Å². The van der Waals surface area contributed by atoms with Crippen LogP contribution in [0.1, 0.15) is 16.8 Å². The van der Waals surface area contributed by atoms with Crippen molar-refractivity contribution in [1.29, 1.82) is 0 Å². The zero-order valence-electron chi connectivity index (χ0n) is 18.3. The van der Waals surface area contributed by atoms with Crippen LogP contribution < -0.4 is 5.32 Å². The number of carbonyl (C=O) groups is 1. The average Bonchev–Trinajstić information content (AvgIpc) is 3.22. The number of amides is 1. The Hall–Kier alpha value is -2.55. The molecule has 33 heavy (non-hydrogen) atoms. The molecule has 0 saturated heterocycles. The minimum atomic E-state index is 0.0194. The fraction of sp³-hybridized carbons (Fsp3) is 0.208. The predicted molar refractivity (Wildman–Crippen MR) is 139 cm³/mol. The minimum absolute atomic E-state index is 0.0194. The summed E-state index contributed by atoms with van der Waals surface area (Å²) in [7, 11) is 1.83. The van der Waals surface area contributed by atoms with E-state index in [1.54, 1.807) is 27.4 Å². The number of fused-ring (bicyclic) bond motifs is 1. The molecule has 0 unspecified atom stereocenters. The Bertz CT molecular complexity index is 1280. The molecule has 2 aromatic carbocycles. The molecule has 0 aliphatic rings. The number of rotatable bonds is 8. The van der Waals surface area contributed by atoms with E-state index in [1.807, 2.05) is 67.9 Å². The van der Waals surface area contributed by atoms with Gasteiger partial charge in [-0.05, 0) is 58.9 Å². The highest BCUT2D eigenvalue weighted by molar-refractivity contribution is 9.10. The second kappa shape index (κ2) is 10.6. The van der Waals surface area contributed by atoms with Crippen LogP contribution in [0.5, 0.6) is 0 Å². The van der Waals surface area contributed by atoms with E-state index in [4.69, 9.17) is 16.6 Å². The molecule has 0 aliphatic carbocycles. The van der Waals surface area contributed by atoms with E-state index in [2.05, 4.69) is 26.3 Å². The summed E-state index contributed by atoms with van der Waals surface area (Å²) in [5.41, 5.74) is 3.02. The third kappa shape index (κ3) is 5.34. The number of aromatic nitrogens is 3. The number of nitrogens with one attached hydrogen (secondary N) is 1. The maximum Gasteiger partial charge on any atom is 0.253 e. The number of carbonyl (C=O) groups excluding carboxylic acids is 1. The molecule has 0 spiro atoms. The summed E-state index contributed by atoms with van der Waals surface area (Å²) in [6, 6.07) is 17.3. The first-order valence-corrected chi connectivity index (χ1v) is 12.8. The smallest absolute Gasteiger partial charge is 0.253 e. The van der Waals surface area contributed by atoms with Gasteiger partial charge in [0.2, 0.25) is 0 Å². The summed E-state index contributed by atoms with van der Waals surface area (Å²) < 4.78 is 2.56. The van der Waals surface area contributed by atoms with Crippen molar-refractivity contribution in [2.75, 3.05) is 31.7 Å². The largest absolute Gasteiger partial charge is 0.370 e. The van der Waals surface area contributed by atoms with Gasteiger partial charge in [-0.2, -0.15) is 9.61 Å².